The van der Waals surface area contributed by atoms with Crippen molar-refractivity contribution in [2.75, 3.05) is 0 Å². The van der Waals surface area contributed by atoms with Gasteiger partial charge >= 0.3 is 0 Å². The van der Waals surface area contributed by atoms with Gasteiger partial charge in [0.05, 0.1) is 17.1 Å². The number of aliphatic imine (C=N–C) groups is 3. The fourth-order valence-electron chi connectivity index (χ4n) is 3.40. The third-order valence-electron chi connectivity index (χ3n) is 5.00. The number of hydrogen-bond donors (Lipinski definition) is 0. The van der Waals surface area contributed by atoms with Gasteiger partial charge in [-0.15, -0.1) is 0 Å². The Morgan fingerprint density at radius 1 is 0.710 bits per heavy atom. The van der Waals surface area contributed by atoms with Crippen LogP contribution in [0.3, 0.4) is 0 Å². The molecule has 152 valence electrons. The van der Waals surface area contributed by atoms with E-state index >= 15 is 0 Å². The van der Waals surface area contributed by atoms with Crippen LogP contribution in [0.4, 0.5) is 17.1 Å². The highest BCUT2D eigenvalue weighted by Crippen LogP contribution is 2.28. The molecule has 0 saturated carbocycles. The zero-order valence-electron chi connectivity index (χ0n) is 16.9. The number of benzene rings is 3. The van der Waals surface area contributed by atoms with Crippen LogP contribution in [-0.4, -0.2) is 18.2 Å². The lowest BCUT2D eigenvalue weighted by atomic mass is 9.92. The van der Waals surface area contributed by atoms with Crippen LogP contribution in [0.15, 0.2) is 81.7 Å². The summed E-state index contributed by atoms with van der Waals surface area (Å²) < 4.78 is 0. The summed E-state index contributed by atoms with van der Waals surface area (Å²) in [5, 5.41) is 0. The van der Waals surface area contributed by atoms with Crippen LogP contribution >= 0.6 is 0 Å². The molecule has 0 bridgehead atoms. The molecule has 0 aliphatic heterocycles. The first-order valence-electron chi connectivity index (χ1n) is 9.67. The molecule has 3 rings (SSSR count). The fraction of sp³-hybridized carbons (Fsp3) is 0.160. The minimum atomic E-state index is 0.221. The van der Waals surface area contributed by atoms with Crippen molar-refractivity contribution in [3.8, 4) is 0 Å². The van der Waals surface area contributed by atoms with E-state index < -0.39 is 0 Å². The molecule has 0 spiro atoms. The topological polar surface area (TPSA) is 88.3 Å². The van der Waals surface area contributed by atoms with E-state index in [-0.39, 0.29) is 5.92 Å². The highest BCUT2D eigenvalue weighted by Gasteiger charge is 2.10. The van der Waals surface area contributed by atoms with Gasteiger partial charge in [0, 0.05) is 0 Å². The number of carbonyl (C=O) groups excluding carboxylic acids is 3. The van der Waals surface area contributed by atoms with Crippen LogP contribution in [0.1, 0.15) is 35.1 Å². The smallest absolute Gasteiger partial charge is 0.211 e. The lowest BCUT2D eigenvalue weighted by molar-refractivity contribution is 0.564. The van der Waals surface area contributed by atoms with Crippen molar-refractivity contribution >= 4 is 35.3 Å². The molecule has 0 N–H and O–H groups in total. The second-order valence-electron chi connectivity index (χ2n) is 7.11. The van der Waals surface area contributed by atoms with E-state index in [1.54, 1.807) is 30.3 Å². The quantitative estimate of drug-likeness (QED) is 0.362. The lowest BCUT2D eigenvalue weighted by Crippen LogP contribution is -1.99. The predicted octanol–water partition coefficient (Wildman–Crippen LogP) is 5.53. The SMILES string of the molecule is CC(Cc1ccc(Cc2ccc(N=C=O)cc2)c(N=C=O)c1)c1ccc(N=C=O)cc1. The second kappa shape index (κ2) is 10.5. The summed E-state index contributed by atoms with van der Waals surface area (Å²) in [6.07, 6.45) is 6.04. The van der Waals surface area contributed by atoms with Crippen LogP contribution in [0.25, 0.3) is 0 Å². The molecule has 0 aliphatic rings. The van der Waals surface area contributed by atoms with Crippen molar-refractivity contribution in [1.82, 2.24) is 0 Å². The Labute approximate surface area is 179 Å². The first kappa shape index (κ1) is 21.5. The molecule has 3 aromatic rings. The molecular weight excluding hydrogens is 390 g/mol. The van der Waals surface area contributed by atoms with E-state index in [0.717, 1.165) is 28.7 Å². The summed E-state index contributed by atoms with van der Waals surface area (Å²) in [6, 6.07) is 20.6. The third-order valence-corrected chi connectivity index (χ3v) is 5.00. The van der Waals surface area contributed by atoms with Gasteiger partial charge in [0.25, 0.3) is 0 Å². The molecule has 6 heteroatoms. The molecule has 6 nitrogen and oxygen atoms in total. The Balaban J connectivity index is 1.78. The summed E-state index contributed by atoms with van der Waals surface area (Å²) >= 11 is 0. The van der Waals surface area contributed by atoms with Crippen molar-refractivity contribution in [3.63, 3.8) is 0 Å². The molecule has 1 unspecified atom stereocenters. The zero-order chi connectivity index (χ0) is 22.1. The van der Waals surface area contributed by atoms with Gasteiger partial charge in [0.15, 0.2) is 0 Å². The van der Waals surface area contributed by atoms with Crippen LogP contribution in [0.2, 0.25) is 0 Å². The van der Waals surface area contributed by atoms with E-state index in [9.17, 15) is 14.4 Å². The number of nitrogens with zero attached hydrogens (tertiary/aromatic N) is 3. The Hall–Kier alpha value is -4.20. The molecule has 0 fully saturated rings. The summed E-state index contributed by atoms with van der Waals surface area (Å²) in [7, 11) is 0. The molecule has 0 amide bonds. The summed E-state index contributed by atoms with van der Waals surface area (Å²) in [4.78, 5) is 42.7. The van der Waals surface area contributed by atoms with Crippen LogP contribution in [0, 0.1) is 0 Å². The van der Waals surface area contributed by atoms with Gasteiger partial charge in [-0.25, -0.2) is 14.4 Å². The van der Waals surface area contributed by atoms with Crippen molar-refractivity contribution in [3.05, 3.63) is 89.0 Å². The highest BCUT2D eigenvalue weighted by atomic mass is 16.1. The zero-order valence-corrected chi connectivity index (χ0v) is 16.9. The van der Waals surface area contributed by atoms with E-state index in [4.69, 9.17) is 0 Å². The van der Waals surface area contributed by atoms with Crippen LogP contribution < -0.4 is 0 Å². The molecular formula is C25H19N3O3. The fourth-order valence-corrected chi connectivity index (χ4v) is 3.40. The second-order valence-corrected chi connectivity index (χ2v) is 7.11. The molecule has 0 heterocycles. The van der Waals surface area contributed by atoms with E-state index in [0.29, 0.717) is 23.5 Å². The maximum Gasteiger partial charge on any atom is 0.240 e. The molecule has 0 aromatic heterocycles. The molecule has 3 aromatic carbocycles. The first-order chi connectivity index (χ1) is 15.1. The number of rotatable bonds is 8. The predicted molar refractivity (Wildman–Crippen MR) is 118 cm³/mol. The standard InChI is InChI=1S/C25H19N3O3/c1-18(21-6-10-24(11-7-21)27-16-30)12-20-2-5-22(25(14-20)28-17-31)13-19-3-8-23(9-4-19)26-15-29/h2-11,14,18H,12-13H2,1H3. The molecule has 0 saturated heterocycles. The molecule has 0 aliphatic carbocycles. The Morgan fingerprint density at radius 3 is 1.84 bits per heavy atom. The normalized spacial score (nSPS) is 10.9. The third kappa shape index (κ3) is 5.89. The minimum Gasteiger partial charge on any atom is -0.211 e. The largest absolute Gasteiger partial charge is 0.240 e. The number of hydrogen-bond acceptors (Lipinski definition) is 6. The van der Waals surface area contributed by atoms with Gasteiger partial charge < -0.3 is 0 Å². The van der Waals surface area contributed by atoms with Crippen LogP contribution in [0.5, 0.6) is 0 Å². The van der Waals surface area contributed by atoms with Crippen molar-refractivity contribution in [1.29, 1.82) is 0 Å². The van der Waals surface area contributed by atoms with Crippen molar-refractivity contribution < 1.29 is 14.4 Å². The maximum absolute atomic E-state index is 11.0. The summed E-state index contributed by atoms with van der Waals surface area (Å²) in [6.45, 7) is 2.11. The van der Waals surface area contributed by atoms with Gasteiger partial charge in [-0.2, -0.15) is 15.0 Å². The summed E-state index contributed by atoms with van der Waals surface area (Å²) in [5.41, 5.74) is 5.78. The average Bonchev–Trinajstić information content (AvgIpc) is 2.78. The number of isocyanates is 3. The highest BCUT2D eigenvalue weighted by molar-refractivity contribution is 5.57. The summed E-state index contributed by atoms with van der Waals surface area (Å²) in [5.74, 6) is 0.221. The first-order valence-corrected chi connectivity index (χ1v) is 9.67. The lowest BCUT2D eigenvalue weighted by Gasteiger charge is -2.14. The van der Waals surface area contributed by atoms with Gasteiger partial charge in [-0.05, 0) is 71.3 Å². The van der Waals surface area contributed by atoms with Gasteiger partial charge in [0.1, 0.15) is 0 Å². The Morgan fingerprint density at radius 2 is 1.26 bits per heavy atom. The van der Waals surface area contributed by atoms with E-state index in [1.807, 2.05) is 42.5 Å². The van der Waals surface area contributed by atoms with Gasteiger partial charge in [0.2, 0.25) is 18.2 Å². The van der Waals surface area contributed by atoms with Gasteiger partial charge in [-0.1, -0.05) is 43.3 Å². The van der Waals surface area contributed by atoms with Crippen molar-refractivity contribution in [2.45, 2.75) is 25.7 Å². The van der Waals surface area contributed by atoms with E-state index in [2.05, 4.69) is 21.9 Å². The van der Waals surface area contributed by atoms with Crippen molar-refractivity contribution in [2.24, 2.45) is 15.0 Å². The van der Waals surface area contributed by atoms with E-state index in [1.165, 1.54) is 12.2 Å². The Kier molecular flexibility index (Phi) is 7.31. The average molecular weight is 409 g/mol. The Bertz CT molecular complexity index is 1200. The molecule has 0 radical (unpaired) electrons. The molecule has 31 heavy (non-hydrogen) atoms. The minimum absolute atomic E-state index is 0.221. The van der Waals surface area contributed by atoms with Crippen LogP contribution in [-0.2, 0) is 27.2 Å². The molecule has 1 atom stereocenters. The maximum atomic E-state index is 11.0. The van der Waals surface area contributed by atoms with Gasteiger partial charge in [-0.3, -0.25) is 0 Å². The monoisotopic (exact) mass is 409 g/mol.